The molecule has 6 heteroatoms. The van der Waals surface area contributed by atoms with Gasteiger partial charge in [0.05, 0.1) is 11.0 Å². The van der Waals surface area contributed by atoms with Gasteiger partial charge in [-0.25, -0.2) is 13.1 Å². The molecule has 0 aromatic heterocycles. The summed E-state index contributed by atoms with van der Waals surface area (Å²) in [6.45, 7) is 2.37. The molecular weight excluding hydrogens is 278 g/mol. The molecule has 1 atom stereocenters. The molecule has 0 radical (unpaired) electrons. The van der Waals surface area contributed by atoms with E-state index in [-0.39, 0.29) is 23.3 Å². The zero-order chi connectivity index (χ0) is 14.6. The van der Waals surface area contributed by atoms with Gasteiger partial charge >= 0.3 is 0 Å². The first-order chi connectivity index (χ1) is 9.49. The van der Waals surface area contributed by atoms with Crippen molar-refractivity contribution < 1.29 is 17.9 Å². The van der Waals surface area contributed by atoms with Crippen LogP contribution in [-0.4, -0.2) is 33.5 Å². The minimum absolute atomic E-state index is 0.0606. The Morgan fingerprint density at radius 2 is 2.20 bits per heavy atom. The first-order valence-corrected chi connectivity index (χ1v) is 8.19. The van der Waals surface area contributed by atoms with Gasteiger partial charge in [0.25, 0.3) is 0 Å². The summed E-state index contributed by atoms with van der Waals surface area (Å²) in [5, 5.41) is 0. The highest BCUT2D eigenvalue weighted by atomic mass is 32.2. The van der Waals surface area contributed by atoms with Crippen molar-refractivity contribution in [2.75, 3.05) is 13.2 Å². The number of Topliss-reactive ketones (excluding diaryl/α,β-unsaturated/α-hetero) is 1. The van der Waals surface area contributed by atoms with Crippen molar-refractivity contribution in [3.63, 3.8) is 0 Å². The van der Waals surface area contributed by atoms with E-state index in [0.29, 0.717) is 12.2 Å². The first-order valence-electron chi connectivity index (χ1n) is 6.71. The lowest BCUT2D eigenvalue weighted by molar-refractivity contribution is 0.0200. The van der Waals surface area contributed by atoms with Crippen LogP contribution in [0.1, 0.15) is 36.5 Å². The monoisotopic (exact) mass is 297 g/mol. The van der Waals surface area contributed by atoms with Gasteiger partial charge in [0, 0.05) is 18.7 Å². The van der Waals surface area contributed by atoms with Crippen molar-refractivity contribution in [2.24, 2.45) is 0 Å². The van der Waals surface area contributed by atoms with E-state index in [1.807, 2.05) is 0 Å². The van der Waals surface area contributed by atoms with E-state index in [1.165, 1.54) is 19.1 Å². The number of ether oxygens (including phenoxy) is 1. The lowest BCUT2D eigenvalue weighted by atomic mass is 10.1. The van der Waals surface area contributed by atoms with E-state index in [9.17, 15) is 13.2 Å². The Kier molecular flexibility index (Phi) is 4.91. The summed E-state index contributed by atoms with van der Waals surface area (Å²) in [5.74, 6) is -0.155. The molecule has 0 bridgehead atoms. The summed E-state index contributed by atoms with van der Waals surface area (Å²) in [6.07, 6.45) is 2.90. The van der Waals surface area contributed by atoms with Crippen molar-refractivity contribution in [1.29, 1.82) is 0 Å². The van der Waals surface area contributed by atoms with Gasteiger partial charge in [-0.15, -0.1) is 0 Å². The number of benzene rings is 1. The van der Waals surface area contributed by atoms with E-state index in [2.05, 4.69) is 4.72 Å². The van der Waals surface area contributed by atoms with E-state index >= 15 is 0 Å². The Morgan fingerprint density at radius 1 is 1.40 bits per heavy atom. The Hall–Kier alpha value is -1.24. The quantitative estimate of drug-likeness (QED) is 0.840. The third-order valence-corrected chi connectivity index (χ3v) is 4.75. The first kappa shape index (κ1) is 15.2. The molecule has 1 aromatic rings. The normalized spacial score (nSPS) is 19.8. The second-order valence-electron chi connectivity index (χ2n) is 4.92. The zero-order valence-corrected chi connectivity index (χ0v) is 12.3. The van der Waals surface area contributed by atoms with Crippen LogP contribution < -0.4 is 4.72 Å². The lowest BCUT2D eigenvalue weighted by Crippen LogP contribution is -2.35. The molecule has 1 aromatic carbocycles. The molecule has 2 rings (SSSR count). The van der Waals surface area contributed by atoms with Gasteiger partial charge in [-0.3, -0.25) is 4.79 Å². The summed E-state index contributed by atoms with van der Waals surface area (Å²) in [6, 6.07) is 6.05. The smallest absolute Gasteiger partial charge is 0.240 e. The molecule has 1 unspecified atom stereocenters. The molecule has 1 fully saturated rings. The minimum Gasteiger partial charge on any atom is -0.377 e. The van der Waals surface area contributed by atoms with Crippen LogP contribution in [0.4, 0.5) is 0 Å². The largest absolute Gasteiger partial charge is 0.377 e. The fraction of sp³-hybridized carbons (Fsp3) is 0.500. The summed E-state index contributed by atoms with van der Waals surface area (Å²) < 4.78 is 32.4. The Balaban J connectivity index is 2.05. The van der Waals surface area contributed by atoms with Gasteiger partial charge in [-0.05, 0) is 38.3 Å². The number of hydrogen-bond acceptors (Lipinski definition) is 4. The summed E-state index contributed by atoms with van der Waals surface area (Å²) >= 11 is 0. The van der Waals surface area contributed by atoms with Crippen LogP contribution in [0.25, 0.3) is 0 Å². The third kappa shape index (κ3) is 3.88. The van der Waals surface area contributed by atoms with Crippen LogP contribution in [0.2, 0.25) is 0 Å². The predicted molar refractivity (Wildman–Crippen MR) is 75.2 cm³/mol. The number of nitrogens with one attached hydrogen (secondary N) is 1. The summed E-state index contributed by atoms with van der Waals surface area (Å²) in [4.78, 5) is 11.4. The van der Waals surface area contributed by atoms with Crippen LogP contribution in [0.15, 0.2) is 29.2 Å². The molecule has 1 aliphatic heterocycles. The van der Waals surface area contributed by atoms with Gasteiger partial charge in [0.2, 0.25) is 10.0 Å². The van der Waals surface area contributed by atoms with Crippen molar-refractivity contribution in [2.45, 2.75) is 37.2 Å². The Labute approximate surface area is 119 Å². The maximum Gasteiger partial charge on any atom is 0.240 e. The standard InChI is InChI=1S/C14H19NO4S/c1-11(16)12-5-4-7-14(9-12)20(17,18)15-10-13-6-2-3-8-19-13/h4-5,7,9,13,15H,2-3,6,8,10H2,1H3. The van der Waals surface area contributed by atoms with Crippen molar-refractivity contribution in [3.8, 4) is 0 Å². The highest BCUT2D eigenvalue weighted by molar-refractivity contribution is 7.89. The minimum atomic E-state index is -3.60. The fourth-order valence-corrected chi connectivity index (χ4v) is 3.25. The highest BCUT2D eigenvalue weighted by Gasteiger charge is 2.19. The van der Waals surface area contributed by atoms with Crippen LogP contribution in [0, 0.1) is 0 Å². The fourth-order valence-electron chi connectivity index (χ4n) is 2.14. The molecule has 1 saturated heterocycles. The average molecular weight is 297 g/mol. The van der Waals surface area contributed by atoms with Crippen LogP contribution in [0.3, 0.4) is 0 Å². The zero-order valence-electron chi connectivity index (χ0n) is 11.5. The topological polar surface area (TPSA) is 72.5 Å². The van der Waals surface area contributed by atoms with Crippen molar-refractivity contribution in [3.05, 3.63) is 29.8 Å². The van der Waals surface area contributed by atoms with Crippen molar-refractivity contribution >= 4 is 15.8 Å². The molecule has 5 nitrogen and oxygen atoms in total. The second-order valence-corrected chi connectivity index (χ2v) is 6.69. The number of hydrogen-bond donors (Lipinski definition) is 1. The Bertz CT molecular complexity index is 577. The summed E-state index contributed by atoms with van der Waals surface area (Å²) in [7, 11) is -3.60. The molecule has 0 aliphatic carbocycles. The molecule has 1 aliphatic rings. The number of rotatable bonds is 5. The Morgan fingerprint density at radius 3 is 2.85 bits per heavy atom. The van der Waals surface area contributed by atoms with E-state index < -0.39 is 10.0 Å². The van der Waals surface area contributed by atoms with E-state index in [1.54, 1.807) is 12.1 Å². The lowest BCUT2D eigenvalue weighted by Gasteiger charge is -2.22. The molecule has 1 N–H and O–H groups in total. The van der Waals surface area contributed by atoms with Crippen LogP contribution >= 0.6 is 0 Å². The molecule has 0 amide bonds. The van der Waals surface area contributed by atoms with E-state index in [4.69, 9.17) is 4.74 Å². The average Bonchev–Trinajstić information content (AvgIpc) is 2.46. The number of carbonyl (C=O) groups is 1. The predicted octanol–water partition coefficient (Wildman–Crippen LogP) is 1.74. The molecule has 1 heterocycles. The number of carbonyl (C=O) groups excluding carboxylic acids is 1. The van der Waals surface area contributed by atoms with Crippen LogP contribution in [0.5, 0.6) is 0 Å². The molecule has 0 saturated carbocycles. The van der Waals surface area contributed by atoms with Gasteiger partial charge in [0.1, 0.15) is 0 Å². The maximum atomic E-state index is 12.2. The van der Waals surface area contributed by atoms with Gasteiger partial charge in [0.15, 0.2) is 5.78 Å². The maximum absolute atomic E-state index is 12.2. The second kappa shape index (κ2) is 6.47. The van der Waals surface area contributed by atoms with Gasteiger partial charge < -0.3 is 4.74 Å². The number of ketones is 1. The highest BCUT2D eigenvalue weighted by Crippen LogP contribution is 2.15. The SMILES string of the molecule is CC(=O)c1cccc(S(=O)(=O)NCC2CCCCO2)c1. The molecule has 110 valence electrons. The van der Waals surface area contributed by atoms with Gasteiger partial charge in [-0.2, -0.15) is 0 Å². The van der Waals surface area contributed by atoms with Gasteiger partial charge in [-0.1, -0.05) is 12.1 Å². The number of sulfonamides is 1. The third-order valence-electron chi connectivity index (χ3n) is 3.33. The molecule has 0 spiro atoms. The van der Waals surface area contributed by atoms with E-state index in [0.717, 1.165) is 19.3 Å². The van der Waals surface area contributed by atoms with Crippen LogP contribution in [-0.2, 0) is 14.8 Å². The molecule has 20 heavy (non-hydrogen) atoms. The molecular formula is C14H19NO4S. The summed E-state index contributed by atoms with van der Waals surface area (Å²) in [5.41, 5.74) is 0.391. The van der Waals surface area contributed by atoms with Crippen molar-refractivity contribution in [1.82, 2.24) is 4.72 Å².